The molecular formula is C15H18BrN3. The van der Waals surface area contributed by atoms with Gasteiger partial charge in [-0.15, -0.1) is 0 Å². The van der Waals surface area contributed by atoms with Crippen molar-refractivity contribution in [3.8, 4) is 0 Å². The molecular weight excluding hydrogens is 302 g/mol. The Morgan fingerprint density at radius 2 is 2.00 bits per heavy atom. The van der Waals surface area contributed by atoms with Crippen molar-refractivity contribution < 1.29 is 0 Å². The summed E-state index contributed by atoms with van der Waals surface area (Å²) in [5.74, 6) is 2.11. The van der Waals surface area contributed by atoms with E-state index in [1.54, 1.807) is 0 Å². The van der Waals surface area contributed by atoms with Gasteiger partial charge in [-0.05, 0) is 24.6 Å². The number of nitrogens with zero attached hydrogens (tertiary/aromatic N) is 2. The molecule has 19 heavy (non-hydrogen) atoms. The van der Waals surface area contributed by atoms with E-state index in [4.69, 9.17) is 0 Å². The standard InChI is InChI=1S/C15H18BrN3/c1-10(2)15-18-11(3)7-14(19-15)17-9-12-5-4-6-13(16)8-12/h4-8,10H,9H2,1-3H3,(H,17,18,19). The highest BCUT2D eigenvalue weighted by atomic mass is 79.9. The fourth-order valence-electron chi connectivity index (χ4n) is 1.78. The van der Waals surface area contributed by atoms with Gasteiger partial charge in [0.1, 0.15) is 11.6 Å². The molecule has 4 heteroatoms. The van der Waals surface area contributed by atoms with Gasteiger partial charge in [0.2, 0.25) is 0 Å². The summed E-state index contributed by atoms with van der Waals surface area (Å²) in [5, 5.41) is 3.35. The zero-order valence-electron chi connectivity index (χ0n) is 11.4. The average Bonchev–Trinajstić information content (AvgIpc) is 2.36. The van der Waals surface area contributed by atoms with Gasteiger partial charge in [0.15, 0.2) is 0 Å². The van der Waals surface area contributed by atoms with Gasteiger partial charge < -0.3 is 5.32 Å². The molecule has 0 fully saturated rings. The van der Waals surface area contributed by atoms with Gasteiger partial charge in [0.05, 0.1) is 0 Å². The lowest BCUT2D eigenvalue weighted by atomic mass is 10.2. The summed E-state index contributed by atoms with van der Waals surface area (Å²) in [7, 11) is 0. The normalized spacial score (nSPS) is 10.8. The van der Waals surface area contributed by atoms with Crippen molar-refractivity contribution in [2.45, 2.75) is 33.2 Å². The van der Waals surface area contributed by atoms with Gasteiger partial charge in [0.25, 0.3) is 0 Å². The largest absolute Gasteiger partial charge is 0.366 e. The van der Waals surface area contributed by atoms with E-state index in [0.29, 0.717) is 5.92 Å². The van der Waals surface area contributed by atoms with Crippen LogP contribution in [0.1, 0.15) is 36.8 Å². The van der Waals surface area contributed by atoms with Crippen molar-refractivity contribution in [3.05, 3.63) is 51.9 Å². The topological polar surface area (TPSA) is 37.8 Å². The van der Waals surface area contributed by atoms with Crippen molar-refractivity contribution in [1.29, 1.82) is 0 Å². The number of nitrogens with one attached hydrogen (secondary N) is 1. The van der Waals surface area contributed by atoms with E-state index in [1.807, 2.05) is 25.1 Å². The van der Waals surface area contributed by atoms with E-state index in [2.05, 4.69) is 57.2 Å². The maximum absolute atomic E-state index is 4.54. The molecule has 0 spiro atoms. The second kappa shape index (κ2) is 6.15. The molecule has 0 saturated carbocycles. The van der Waals surface area contributed by atoms with Crippen molar-refractivity contribution in [2.75, 3.05) is 5.32 Å². The monoisotopic (exact) mass is 319 g/mol. The summed E-state index contributed by atoms with van der Waals surface area (Å²) < 4.78 is 1.09. The average molecular weight is 320 g/mol. The Bertz CT molecular complexity index is 567. The molecule has 0 saturated heterocycles. The van der Waals surface area contributed by atoms with Crippen LogP contribution in [0.15, 0.2) is 34.8 Å². The van der Waals surface area contributed by atoms with Crippen molar-refractivity contribution >= 4 is 21.7 Å². The van der Waals surface area contributed by atoms with E-state index in [-0.39, 0.29) is 0 Å². The van der Waals surface area contributed by atoms with E-state index in [1.165, 1.54) is 5.56 Å². The number of anilines is 1. The molecule has 0 bridgehead atoms. The maximum Gasteiger partial charge on any atom is 0.133 e. The zero-order valence-corrected chi connectivity index (χ0v) is 13.0. The smallest absolute Gasteiger partial charge is 0.133 e. The third-order valence-corrected chi connectivity index (χ3v) is 3.24. The first-order valence-corrected chi connectivity index (χ1v) is 7.18. The molecule has 0 aliphatic rings. The van der Waals surface area contributed by atoms with Crippen LogP contribution in [0.2, 0.25) is 0 Å². The molecule has 0 unspecified atom stereocenters. The second-order valence-electron chi connectivity index (χ2n) is 4.89. The van der Waals surface area contributed by atoms with Crippen LogP contribution in [0.5, 0.6) is 0 Å². The zero-order chi connectivity index (χ0) is 13.8. The predicted octanol–water partition coefficient (Wildman–Crippen LogP) is 4.28. The van der Waals surface area contributed by atoms with Crippen LogP contribution in [-0.4, -0.2) is 9.97 Å². The third-order valence-electron chi connectivity index (χ3n) is 2.75. The first kappa shape index (κ1) is 14.0. The van der Waals surface area contributed by atoms with Gasteiger partial charge >= 0.3 is 0 Å². The van der Waals surface area contributed by atoms with Gasteiger partial charge in [-0.2, -0.15) is 0 Å². The highest BCUT2D eigenvalue weighted by Gasteiger charge is 2.06. The quantitative estimate of drug-likeness (QED) is 0.913. The highest BCUT2D eigenvalue weighted by Crippen LogP contribution is 2.16. The van der Waals surface area contributed by atoms with Gasteiger partial charge in [-0.1, -0.05) is 41.9 Å². The molecule has 1 N–H and O–H groups in total. The fourth-order valence-corrected chi connectivity index (χ4v) is 2.23. The number of benzene rings is 1. The molecule has 1 aromatic heterocycles. The molecule has 0 amide bonds. The number of halogens is 1. The minimum atomic E-state index is 0.339. The molecule has 1 heterocycles. The van der Waals surface area contributed by atoms with Crippen molar-refractivity contribution in [2.24, 2.45) is 0 Å². The molecule has 0 aliphatic heterocycles. The van der Waals surface area contributed by atoms with Crippen LogP contribution in [0.25, 0.3) is 0 Å². The molecule has 3 nitrogen and oxygen atoms in total. The van der Waals surface area contributed by atoms with Crippen molar-refractivity contribution in [1.82, 2.24) is 9.97 Å². The lowest BCUT2D eigenvalue weighted by molar-refractivity contribution is 0.766. The Hall–Kier alpha value is -1.42. The SMILES string of the molecule is Cc1cc(NCc2cccc(Br)c2)nc(C(C)C)n1. The summed E-state index contributed by atoms with van der Waals surface area (Å²) in [5.41, 5.74) is 2.21. The Morgan fingerprint density at radius 1 is 1.21 bits per heavy atom. The Kier molecular flexibility index (Phi) is 4.53. The second-order valence-corrected chi connectivity index (χ2v) is 5.81. The lowest BCUT2D eigenvalue weighted by Gasteiger charge is -2.10. The summed E-state index contributed by atoms with van der Waals surface area (Å²) in [4.78, 5) is 8.98. The molecule has 1 aromatic carbocycles. The van der Waals surface area contributed by atoms with Crippen LogP contribution >= 0.6 is 15.9 Å². The first-order valence-electron chi connectivity index (χ1n) is 6.38. The summed E-state index contributed by atoms with van der Waals surface area (Å²) in [6.45, 7) is 6.96. The number of rotatable bonds is 4. The van der Waals surface area contributed by atoms with E-state index in [9.17, 15) is 0 Å². The number of hydrogen-bond acceptors (Lipinski definition) is 3. The molecule has 0 atom stereocenters. The predicted molar refractivity (Wildman–Crippen MR) is 82.3 cm³/mol. The van der Waals surface area contributed by atoms with Crippen LogP contribution in [-0.2, 0) is 6.54 Å². The fraction of sp³-hybridized carbons (Fsp3) is 0.333. The van der Waals surface area contributed by atoms with Crippen LogP contribution in [0.4, 0.5) is 5.82 Å². The lowest BCUT2D eigenvalue weighted by Crippen LogP contribution is -2.06. The Balaban J connectivity index is 2.11. The molecule has 2 aromatic rings. The molecule has 0 aliphatic carbocycles. The Morgan fingerprint density at radius 3 is 2.68 bits per heavy atom. The van der Waals surface area contributed by atoms with Crippen LogP contribution in [0, 0.1) is 6.92 Å². The maximum atomic E-state index is 4.54. The van der Waals surface area contributed by atoms with Crippen LogP contribution in [0.3, 0.4) is 0 Å². The third kappa shape index (κ3) is 4.03. The first-order chi connectivity index (χ1) is 9.04. The van der Waals surface area contributed by atoms with E-state index < -0.39 is 0 Å². The van der Waals surface area contributed by atoms with E-state index >= 15 is 0 Å². The summed E-state index contributed by atoms with van der Waals surface area (Å²) in [6.07, 6.45) is 0. The van der Waals surface area contributed by atoms with Crippen LogP contribution < -0.4 is 5.32 Å². The molecule has 2 rings (SSSR count). The van der Waals surface area contributed by atoms with Crippen molar-refractivity contribution in [3.63, 3.8) is 0 Å². The number of aromatic nitrogens is 2. The number of aryl methyl sites for hydroxylation is 1. The van der Waals surface area contributed by atoms with Gasteiger partial charge in [0, 0.05) is 28.7 Å². The van der Waals surface area contributed by atoms with E-state index in [0.717, 1.165) is 28.4 Å². The van der Waals surface area contributed by atoms with Gasteiger partial charge in [-0.3, -0.25) is 0 Å². The number of hydrogen-bond donors (Lipinski definition) is 1. The summed E-state index contributed by atoms with van der Waals surface area (Å²) >= 11 is 3.48. The minimum Gasteiger partial charge on any atom is -0.366 e. The highest BCUT2D eigenvalue weighted by molar-refractivity contribution is 9.10. The Labute approximate surface area is 122 Å². The summed E-state index contributed by atoms with van der Waals surface area (Å²) in [6, 6.07) is 10.2. The minimum absolute atomic E-state index is 0.339. The van der Waals surface area contributed by atoms with Gasteiger partial charge in [-0.25, -0.2) is 9.97 Å². The molecule has 100 valence electrons. The molecule has 0 radical (unpaired) electrons.